The number of nitrogens with one attached hydrogen (secondary N) is 1. The molecule has 0 aromatic carbocycles. The van der Waals surface area contributed by atoms with Crippen LogP contribution in [-0.4, -0.2) is 50.6 Å². The number of ether oxygens (including phenoxy) is 2. The predicted octanol–water partition coefficient (Wildman–Crippen LogP) is 0.102. The molecule has 0 spiro atoms. The van der Waals surface area contributed by atoms with Crippen molar-refractivity contribution in [2.45, 2.75) is 18.9 Å². The van der Waals surface area contributed by atoms with Crippen LogP contribution in [0.1, 0.15) is 12.8 Å². The van der Waals surface area contributed by atoms with E-state index in [1.807, 2.05) is 0 Å². The minimum Gasteiger partial charge on any atom is -0.480 e. The van der Waals surface area contributed by atoms with Gasteiger partial charge in [0.25, 0.3) is 0 Å². The Balaban J connectivity index is 2.22. The molecule has 1 fully saturated rings. The molecule has 1 unspecified atom stereocenters. The summed E-state index contributed by atoms with van der Waals surface area (Å²) in [5.74, 6) is -0.332. The molecule has 15 heavy (non-hydrogen) atoms. The van der Waals surface area contributed by atoms with Gasteiger partial charge in [-0.2, -0.15) is 0 Å². The Bertz CT molecular complexity index is 192. The van der Waals surface area contributed by atoms with E-state index in [4.69, 9.17) is 14.6 Å². The average molecular weight is 217 g/mol. The van der Waals surface area contributed by atoms with Crippen molar-refractivity contribution in [1.82, 2.24) is 5.32 Å². The molecule has 5 heteroatoms. The molecule has 5 nitrogen and oxygen atoms in total. The number of carbonyl (C=O) groups is 1. The van der Waals surface area contributed by atoms with Crippen molar-refractivity contribution in [3.8, 4) is 0 Å². The maximum absolute atomic E-state index is 10.8. The van der Waals surface area contributed by atoms with Gasteiger partial charge in [-0.25, -0.2) is 0 Å². The summed E-state index contributed by atoms with van der Waals surface area (Å²) >= 11 is 0. The lowest BCUT2D eigenvalue weighted by Gasteiger charge is -2.24. The van der Waals surface area contributed by atoms with E-state index in [1.165, 1.54) is 7.11 Å². The second kappa shape index (κ2) is 6.76. The van der Waals surface area contributed by atoms with Crippen LogP contribution < -0.4 is 5.32 Å². The van der Waals surface area contributed by atoms with Crippen molar-refractivity contribution >= 4 is 5.97 Å². The highest BCUT2D eigenvalue weighted by molar-refractivity contribution is 5.73. The van der Waals surface area contributed by atoms with E-state index in [0.717, 1.165) is 32.6 Å². The van der Waals surface area contributed by atoms with E-state index >= 15 is 0 Å². The highest BCUT2D eigenvalue weighted by Crippen LogP contribution is 2.13. The summed E-state index contributed by atoms with van der Waals surface area (Å²) in [7, 11) is 1.51. The van der Waals surface area contributed by atoms with Crippen LogP contribution in [0.25, 0.3) is 0 Å². The Morgan fingerprint density at radius 2 is 2.27 bits per heavy atom. The van der Waals surface area contributed by atoms with Gasteiger partial charge in [0.2, 0.25) is 0 Å². The normalized spacial score (nSPS) is 20.1. The first kappa shape index (κ1) is 12.4. The molecule has 0 aromatic heterocycles. The third-order valence-corrected chi connectivity index (χ3v) is 2.63. The van der Waals surface area contributed by atoms with Crippen LogP contribution >= 0.6 is 0 Å². The van der Waals surface area contributed by atoms with Crippen molar-refractivity contribution in [2.75, 3.05) is 33.5 Å². The van der Waals surface area contributed by atoms with Crippen molar-refractivity contribution in [2.24, 2.45) is 5.92 Å². The predicted molar refractivity (Wildman–Crippen MR) is 54.8 cm³/mol. The fourth-order valence-corrected chi connectivity index (χ4v) is 1.64. The highest BCUT2D eigenvalue weighted by atomic mass is 16.5. The molecule has 1 saturated heterocycles. The van der Waals surface area contributed by atoms with Crippen molar-refractivity contribution in [1.29, 1.82) is 0 Å². The van der Waals surface area contributed by atoms with E-state index in [2.05, 4.69) is 5.32 Å². The zero-order valence-corrected chi connectivity index (χ0v) is 9.07. The van der Waals surface area contributed by atoms with Gasteiger partial charge in [0.15, 0.2) is 0 Å². The minimum atomic E-state index is -0.857. The largest absolute Gasteiger partial charge is 0.480 e. The smallest absolute Gasteiger partial charge is 0.323 e. The summed E-state index contributed by atoms with van der Waals surface area (Å²) in [5.41, 5.74) is 0. The molecule has 1 rings (SSSR count). The molecule has 0 amide bonds. The number of methoxy groups -OCH3 is 1. The van der Waals surface area contributed by atoms with E-state index in [9.17, 15) is 4.79 Å². The Morgan fingerprint density at radius 3 is 2.80 bits per heavy atom. The molecule has 0 aromatic rings. The van der Waals surface area contributed by atoms with Crippen LogP contribution in [0.2, 0.25) is 0 Å². The lowest BCUT2D eigenvalue weighted by atomic mass is 10.0. The van der Waals surface area contributed by atoms with Crippen LogP contribution in [0.4, 0.5) is 0 Å². The Morgan fingerprint density at radius 1 is 1.60 bits per heavy atom. The number of hydrogen-bond donors (Lipinski definition) is 2. The lowest BCUT2D eigenvalue weighted by Crippen LogP contribution is -2.43. The third kappa shape index (κ3) is 4.59. The molecule has 1 aliphatic heterocycles. The van der Waals surface area contributed by atoms with Gasteiger partial charge >= 0.3 is 5.97 Å². The molecule has 0 bridgehead atoms. The van der Waals surface area contributed by atoms with E-state index in [-0.39, 0.29) is 6.61 Å². The van der Waals surface area contributed by atoms with E-state index < -0.39 is 12.0 Å². The number of aliphatic carboxylic acids is 1. The summed E-state index contributed by atoms with van der Waals surface area (Å²) in [6.07, 6.45) is 2.01. The fourth-order valence-electron chi connectivity index (χ4n) is 1.64. The molecule has 1 aliphatic rings. The third-order valence-electron chi connectivity index (χ3n) is 2.63. The highest BCUT2D eigenvalue weighted by Gasteiger charge is 2.19. The number of hydrogen-bond acceptors (Lipinski definition) is 4. The quantitative estimate of drug-likeness (QED) is 0.660. The van der Waals surface area contributed by atoms with Gasteiger partial charge in [-0.05, 0) is 25.3 Å². The molecule has 2 N–H and O–H groups in total. The topological polar surface area (TPSA) is 67.8 Å². The summed E-state index contributed by atoms with van der Waals surface area (Å²) < 4.78 is 10.1. The maximum Gasteiger partial charge on any atom is 0.323 e. The molecule has 0 saturated carbocycles. The van der Waals surface area contributed by atoms with Crippen LogP contribution in [0, 0.1) is 5.92 Å². The molecule has 0 radical (unpaired) electrons. The Labute approximate surface area is 89.8 Å². The molecular formula is C10H19NO4. The van der Waals surface area contributed by atoms with Gasteiger partial charge < -0.3 is 19.9 Å². The summed E-state index contributed by atoms with van der Waals surface area (Å²) in [4.78, 5) is 10.8. The first-order valence-electron chi connectivity index (χ1n) is 5.27. The standard InChI is InChI=1S/C10H19NO4/c1-14-7-9(10(12)13)11-6-8-2-4-15-5-3-8/h8-9,11H,2-7H2,1H3,(H,12,13). The van der Waals surface area contributed by atoms with Crippen LogP contribution in [-0.2, 0) is 14.3 Å². The van der Waals surface area contributed by atoms with Crippen molar-refractivity contribution < 1.29 is 19.4 Å². The second-order valence-electron chi connectivity index (χ2n) is 3.81. The lowest BCUT2D eigenvalue weighted by molar-refractivity contribution is -0.140. The van der Waals surface area contributed by atoms with E-state index in [0.29, 0.717) is 5.92 Å². The van der Waals surface area contributed by atoms with Gasteiger partial charge in [0.05, 0.1) is 6.61 Å². The van der Waals surface area contributed by atoms with Crippen LogP contribution in [0.15, 0.2) is 0 Å². The summed E-state index contributed by atoms with van der Waals surface area (Å²) in [5, 5.41) is 11.9. The van der Waals surface area contributed by atoms with Gasteiger partial charge in [-0.15, -0.1) is 0 Å². The second-order valence-corrected chi connectivity index (χ2v) is 3.81. The fraction of sp³-hybridized carbons (Fsp3) is 0.900. The molecule has 1 atom stereocenters. The summed E-state index contributed by atoms with van der Waals surface area (Å²) in [6.45, 7) is 2.50. The molecule has 88 valence electrons. The van der Waals surface area contributed by atoms with Crippen molar-refractivity contribution in [3.63, 3.8) is 0 Å². The number of rotatable bonds is 6. The van der Waals surface area contributed by atoms with Crippen LogP contribution in [0.5, 0.6) is 0 Å². The Hall–Kier alpha value is -0.650. The van der Waals surface area contributed by atoms with Gasteiger partial charge in [0, 0.05) is 20.3 Å². The van der Waals surface area contributed by atoms with Gasteiger partial charge in [0.1, 0.15) is 6.04 Å². The first-order valence-corrected chi connectivity index (χ1v) is 5.27. The van der Waals surface area contributed by atoms with Gasteiger partial charge in [-0.3, -0.25) is 4.79 Å². The first-order chi connectivity index (χ1) is 7.24. The molecule has 0 aliphatic carbocycles. The summed E-state index contributed by atoms with van der Waals surface area (Å²) in [6, 6.07) is -0.599. The maximum atomic E-state index is 10.8. The molecule has 1 heterocycles. The average Bonchev–Trinajstić information content (AvgIpc) is 2.25. The van der Waals surface area contributed by atoms with E-state index in [1.54, 1.807) is 0 Å². The monoisotopic (exact) mass is 217 g/mol. The van der Waals surface area contributed by atoms with Crippen LogP contribution in [0.3, 0.4) is 0 Å². The molecular weight excluding hydrogens is 198 g/mol. The number of carboxylic acid groups (broad SMARTS) is 1. The zero-order valence-electron chi connectivity index (χ0n) is 9.07. The Kier molecular flexibility index (Phi) is 5.60. The SMILES string of the molecule is COCC(NCC1CCOCC1)C(=O)O. The zero-order chi connectivity index (χ0) is 11.1. The minimum absolute atomic E-state index is 0.207. The number of carboxylic acids is 1. The van der Waals surface area contributed by atoms with Crippen molar-refractivity contribution in [3.05, 3.63) is 0 Å². The van der Waals surface area contributed by atoms with Gasteiger partial charge in [-0.1, -0.05) is 0 Å².